The molecule has 13 heavy (non-hydrogen) atoms. The van der Waals surface area contributed by atoms with Gasteiger partial charge in [-0.15, -0.1) is 0 Å². The Kier molecular flexibility index (Phi) is 2.16. The molecule has 72 valence electrons. The first-order valence-corrected chi connectivity index (χ1v) is 3.65. The lowest BCUT2D eigenvalue weighted by Crippen LogP contribution is -2.24. The van der Waals surface area contributed by atoms with Gasteiger partial charge in [-0.1, -0.05) is 11.3 Å². The van der Waals surface area contributed by atoms with Crippen LogP contribution in [-0.2, 0) is 6.18 Å². The molecule has 0 saturated carbocycles. The number of alkyl halides is 3. The van der Waals surface area contributed by atoms with Crippen molar-refractivity contribution in [1.82, 2.24) is 4.98 Å². The van der Waals surface area contributed by atoms with Crippen LogP contribution < -0.4 is 9.98 Å². The Hall–Kier alpha value is -1.31. The van der Waals surface area contributed by atoms with Crippen molar-refractivity contribution in [2.24, 2.45) is 0 Å². The highest BCUT2D eigenvalue weighted by atomic mass is 32.1. The third kappa shape index (κ3) is 1.89. The molecule has 1 rings (SSSR count). The number of carboxylic acids is 1. The van der Waals surface area contributed by atoms with Gasteiger partial charge in [0, 0.05) is 0 Å². The summed E-state index contributed by atoms with van der Waals surface area (Å²) in [5.74, 6) is -2.02. The van der Waals surface area contributed by atoms with Gasteiger partial charge in [-0.05, 0) is 0 Å². The van der Waals surface area contributed by atoms with Gasteiger partial charge in [0.1, 0.15) is 5.69 Å². The van der Waals surface area contributed by atoms with Crippen LogP contribution in [0.1, 0.15) is 15.4 Å². The Morgan fingerprint density at radius 3 is 2.31 bits per heavy atom. The number of halogens is 3. The maximum absolute atomic E-state index is 12.0. The summed E-state index contributed by atoms with van der Waals surface area (Å²) < 4.78 is 35.9. The number of aromatic carboxylic acids is 1. The van der Waals surface area contributed by atoms with Gasteiger partial charge in [-0.2, -0.15) is 13.2 Å². The van der Waals surface area contributed by atoms with Crippen molar-refractivity contribution in [2.45, 2.75) is 6.18 Å². The molecule has 0 amide bonds. The zero-order valence-corrected chi connectivity index (χ0v) is 6.58. The lowest BCUT2D eigenvalue weighted by atomic mass is 10.3. The number of carboxylic acid groups (broad SMARTS) is 1. The molecule has 0 unspecified atom stereocenters. The third-order valence-electron chi connectivity index (χ3n) is 1.12. The van der Waals surface area contributed by atoms with Crippen molar-refractivity contribution in [3.05, 3.63) is 20.2 Å². The van der Waals surface area contributed by atoms with Crippen LogP contribution in [0, 0.1) is 0 Å². The summed E-state index contributed by atoms with van der Waals surface area (Å²) in [6.45, 7) is 0. The highest BCUT2D eigenvalue weighted by Gasteiger charge is 2.36. The molecule has 0 atom stereocenters. The molecule has 0 aliphatic rings. The maximum Gasteiger partial charge on any atom is 0.432 e. The molecular weight excluding hydrogens is 211 g/mol. The number of thiazole rings is 1. The minimum Gasteiger partial charge on any atom is -0.544 e. The molecule has 0 fully saturated rings. The average molecular weight is 212 g/mol. The Bertz CT molecular complexity index is 390. The topological polar surface area (TPSA) is 73.0 Å². The van der Waals surface area contributed by atoms with E-state index in [-0.39, 0.29) is 11.3 Å². The van der Waals surface area contributed by atoms with Gasteiger partial charge in [0.25, 0.3) is 0 Å². The minimum atomic E-state index is -4.88. The summed E-state index contributed by atoms with van der Waals surface area (Å²) in [5, 5.41) is 10.1. The normalized spacial score (nSPS) is 11.6. The predicted octanol–water partition coefficient (Wildman–Crippen LogP) is -0.181. The summed E-state index contributed by atoms with van der Waals surface area (Å²) in [7, 11) is 0. The van der Waals surface area contributed by atoms with E-state index in [0.717, 1.165) is 0 Å². The number of aromatic nitrogens is 1. The smallest absolute Gasteiger partial charge is 0.432 e. The molecule has 0 bridgehead atoms. The molecular formula is C5HF3NO3S-. The first kappa shape index (κ1) is 9.78. The second-order valence-corrected chi connectivity index (χ2v) is 2.99. The first-order valence-electron chi connectivity index (χ1n) is 2.84. The second-order valence-electron chi connectivity index (χ2n) is 2.00. The van der Waals surface area contributed by atoms with Gasteiger partial charge in [0.15, 0.2) is 0 Å². The summed E-state index contributed by atoms with van der Waals surface area (Å²) in [6.07, 6.45) is -4.88. The van der Waals surface area contributed by atoms with Gasteiger partial charge in [-0.25, -0.2) is 0 Å². The zero-order valence-electron chi connectivity index (χ0n) is 5.77. The fraction of sp³-hybridized carbons (Fsp3) is 0.200. The zero-order chi connectivity index (χ0) is 10.2. The van der Waals surface area contributed by atoms with E-state index in [0.29, 0.717) is 0 Å². The van der Waals surface area contributed by atoms with Crippen LogP contribution in [0.25, 0.3) is 0 Å². The van der Waals surface area contributed by atoms with E-state index >= 15 is 0 Å². The molecule has 0 spiro atoms. The van der Waals surface area contributed by atoms with E-state index in [1.165, 1.54) is 4.98 Å². The van der Waals surface area contributed by atoms with Crippen molar-refractivity contribution < 1.29 is 23.1 Å². The first-order chi connectivity index (χ1) is 5.82. The number of hydrogen-bond donors (Lipinski definition) is 1. The molecule has 1 heterocycles. The van der Waals surface area contributed by atoms with Crippen molar-refractivity contribution >= 4 is 17.3 Å². The summed E-state index contributed by atoms with van der Waals surface area (Å²) >= 11 is -0.0438. The minimum absolute atomic E-state index is 0.0438. The van der Waals surface area contributed by atoms with Crippen LogP contribution in [0.4, 0.5) is 13.2 Å². The summed E-state index contributed by atoms with van der Waals surface area (Å²) in [4.78, 5) is 19.7. The molecule has 0 saturated heterocycles. The van der Waals surface area contributed by atoms with Crippen LogP contribution in [0.2, 0.25) is 0 Å². The van der Waals surface area contributed by atoms with Crippen molar-refractivity contribution in [3.63, 3.8) is 0 Å². The Morgan fingerprint density at radius 1 is 1.46 bits per heavy atom. The quantitative estimate of drug-likeness (QED) is 0.701. The van der Waals surface area contributed by atoms with Crippen LogP contribution >= 0.6 is 11.3 Å². The largest absolute Gasteiger partial charge is 0.544 e. The molecule has 1 aromatic rings. The van der Waals surface area contributed by atoms with Crippen LogP contribution in [-0.4, -0.2) is 11.0 Å². The van der Waals surface area contributed by atoms with Crippen molar-refractivity contribution in [3.8, 4) is 0 Å². The molecule has 4 nitrogen and oxygen atoms in total. The van der Waals surface area contributed by atoms with Crippen LogP contribution in [0.15, 0.2) is 4.79 Å². The van der Waals surface area contributed by atoms with Gasteiger partial charge in [0.2, 0.25) is 0 Å². The molecule has 0 aliphatic carbocycles. The number of nitrogens with one attached hydrogen (secondary N) is 1. The van der Waals surface area contributed by atoms with Gasteiger partial charge in [-0.3, -0.25) is 4.79 Å². The van der Waals surface area contributed by atoms with E-state index in [9.17, 15) is 27.9 Å². The number of aromatic amines is 1. The van der Waals surface area contributed by atoms with E-state index in [2.05, 4.69) is 0 Å². The Morgan fingerprint density at radius 2 is 2.00 bits per heavy atom. The van der Waals surface area contributed by atoms with Gasteiger partial charge < -0.3 is 14.9 Å². The van der Waals surface area contributed by atoms with E-state index in [4.69, 9.17) is 0 Å². The summed E-state index contributed by atoms with van der Waals surface area (Å²) in [5.41, 5.74) is -1.57. The molecule has 0 aromatic carbocycles. The maximum atomic E-state index is 12.0. The SMILES string of the molecule is O=C([O-])c1sc(=O)[nH]c1C(F)(F)F. The number of H-pyrrole nitrogens is 1. The lowest BCUT2D eigenvalue weighted by Gasteiger charge is -2.06. The van der Waals surface area contributed by atoms with Crippen molar-refractivity contribution in [2.75, 3.05) is 0 Å². The summed E-state index contributed by atoms with van der Waals surface area (Å²) in [6, 6.07) is 0. The molecule has 1 N–H and O–H groups in total. The number of carbonyl (C=O) groups excluding carboxylic acids is 1. The number of rotatable bonds is 1. The second kappa shape index (κ2) is 2.87. The highest BCUT2D eigenvalue weighted by Crippen LogP contribution is 2.30. The standard InChI is InChI=1S/C5H2F3NO3S/c6-5(7,8)2-1(3(10)11)13-4(12)9-2/h(H,9,12)(H,10,11)/p-1. The highest BCUT2D eigenvalue weighted by molar-refractivity contribution is 7.11. The van der Waals surface area contributed by atoms with E-state index in [1.807, 2.05) is 0 Å². The van der Waals surface area contributed by atoms with Gasteiger partial charge in [0.05, 0.1) is 10.8 Å². The number of hydrogen-bond acceptors (Lipinski definition) is 4. The average Bonchev–Trinajstić information content (AvgIpc) is 2.29. The van der Waals surface area contributed by atoms with Crippen LogP contribution in [0.3, 0.4) is 0 Å². The molecule has 0 radical (unpaired) electrons. The Labute approximate surface area is 72.6 Å². The number of carbonyl (C=O) groups is 1. The van der Waals surface area contributed by atoms with Crippen molar-refractivity contribution in [1.29, 1.82) is 0 Å². The lowest BCUT2D eigenvalue weighted by molar-refractivity contribution is -0.255. The monoisotopic (exact) mass is 212 g/mol. The van der Waals surface area contributed by atoms with Gasteiger partial charge >= 0.3 is 11.0 Å². The van der Waals surface area contributed by atoms with Crippen LogP contribution in [0.5, 0.6) is 0 Å². The fourth-order valence-electron chi connectivity index (χ4n) is 0.671. The third-order valence-corrected chi connectivity index (χ3v) is 1.98. The van der Waals surface area contributed by atoms with E-state index in [1.54, 1.807) is 0 Å². The fourth-order valence-corrected chi connectivity index (χ4v) is 1.36. The predicted molar refractivity (Wildman–Crippen MR) is 34.3 cm³/mol. The molecule has 0 aliphatic heterocycles. The molecule has 8 heteroatoms. The molecule has 1 aromatic heterocycles. The Balaban J connectivity index is 3.36. The van der Waals surface area contributed by atoms with E-state index < -0.39 is 27.6 Å².